The molecule has 6 nitrogen and oxygen atoms in total. The van der Waals surface area contributed by atoms with E-state index in [9.17, 15) is 4.79 Å². The van der Waals surface area contributed by atoms with Crippen molar-refractivity contribution in [1.82, 2.24) is 15.5 Å². The highest BCUT2D eigenvalue weighted by Gasteiger charge is 2.19. The molecule has 1 aromatic heterocycles. The average Bonchev–Trinajstić information content (AvgIpc) is 3.07. The number of nitrogens with one attached hydrogen (secondary N) is 1. The van der Waals surface area contributed by atoms with Gasteiger partial charge in [0.1, 0.15) is 0 Å². The number of nitrogens with zero attached hydrogens (tertiary/aromatic N) is 3. The lowest BCUT2D eigenvalue weighted by Crippen LogP contribution is -2.34. The lowest BCUT2D eigenvalue weighted by atomic mass is 10.1. The van der Waals surface area contributed by atoms with E-state index in [-0.39, 0.29) is 11.9 Å². The van der Waals surface area contributed by atoms with E-state index in [1.54, 1.807) is 0 Å². The molecule has 142 valence electrons. The molecule has 0 bridgehead atoms. The van der Waals surface area contributed by atoms with Crippen LogP contribution in [0.1, 0.15) is 42.5 Å². The molecule has 2 aliphatic rings. The third kappa shape index (κ3) is 4.45. The van der Waals surface area contributed by atoms with E-state index in [1.165, 1.54) is 25.7 Å². The van der Waals surface area contributed by atoms with Gasteiger partial charge < -0.3 is 15.0 Å². The first-order chi connectivity index (χ1) is 13.3. The zero-order valence-electron chi connectivity index (χ0n) is 15.6. The number of rotatable bonds is 4. The number of hydrogen-bond donors (Lipinski definition) is 1. The quantitative estimate of drug-likeness (QED) is 0.901. The summed E-state index contributed by atoms with van der Waals surface area (Å²) in [6.45, 7) is 3.40. The maximum absolute atomic E-state index is 12.5. The normalized spacial score (nSPS) is 20.3. The van der Waals surface area contributed by atoms with Crippen LogP contribution in [0.15, 0.2) is 36.4 Å². The van der Waals surface area contributed by atoms with Gasteiger partial charge in [0.05, 0.1) is 18.3 Å². The molecule has 1 unspecified atom stereocenters. The van der Waals surface area contributed by atoms with Gasteiger partial charge in [0.2, 0.25) is 0 Å². The molecule has 0 saturated carbocycles. The van der Waals surface area contributed by atoms with E-state index < -0.39 is 0 Å². The second kappa shape index (κ2) is 8.48. The van der Waals surface area contributed by atoms with E-state index in [0.717, 1.165) is 36.6 Å². The van der Waals surface area contributed by atoms with Crippen LogP contribution in [0.2, 0.25) is 0 Å². The van der Waals surface area contributed by atoms with Crippen molar-refractivity contribution in [2.24, 2.45) is 0 Å². The molecule has 2 aliphatic heterocycles. The Morgan fingerprint density at radius 3 is 2.63 bits per heavy atom. The Bertz CT molecular complexity index is 764. The molecular weight excluding hydrogens is 340 g/mol. The number of aromatic nitrogens is 2. The van der Waals surface area contributed by atoms with Gasteiger partial charge in [-0.3, -0.25) is 4.79 Å². The summed E-state index contributed by atoms with van der Waals surface area (Å²) in [4.78, 5) is 14.8. The summed E-state index contributed by atoms with van der Waals surface area (Å²) < 4.78 is 5.32. The lowest BCUT2D eigenvalue weighted by Gasteiger charge is -2.20. The number of ether oxygens (including phenoxy) is 1. The van der Waals surface area contributed by atoms with Crippen molar-refractivity contribution in [1.29, 1.82) is 0 Å². The fourth-order valence-corrected chi connectivity index (χ4v) is 3.68. The smallest absolute Gasteiger partial charge is 0.251 e. The molecule has 3 heterocycles. The Hall–Kier alpha value is -2.47. The maximum atomic E-state index is 12.5. The van der Waals surface area contributed by atoms with Gasteiger partial charge in [-0.15, -0.1) is 10.2 Å². The van der Waals surface area contributed by atoms with Crippen molar-refractivity contribution < 1.29 is 9.53 Å². The number of anilines is 1. The number of carbonyl (C=O) groups is 1. The van der Waals surface area contributed by atoms with Gasteiger partial charge in [-0.05, 0) is 43.5 Å². The monoisotopic (exact) mass is 366 g/mol. The second-order valence-electron chi connectivity index (χ2n) is 7.29. The average molecular weight is 366 g/mol. The summed E-state index contributed by atoms with van der Waals surface area (Å²) in [7, 11) is 0. The van der Waals surface area contributed by atoms with Gasteiger partial charge in [0.25, 0.3) is 5.91 Å². The first-order valence-electron chi connectivity index (χ1n) is 9.87. The van der Waals surface area contributed by atoms with E-state index in [2.05, 4.69) is 20.4 Å². The number of hydrogen-bond acceptors (Lipinski definition) is 5. The van der Waals surface area contributed by atoms with Crippen LogP contribution in [0, 0.1) is 0 Å². The molecule has 0 aliphatic carbocycles. The highest BCUT2D eigenvalue weighted by molar-refractivity contribution is 5.95. The molecule has 0 spiro atoms. The molecule has 0 radical (unpaired) electrons. The van der Waals surface area contributed by atoms with Crippen LogP contribution in [0.25, 0.3) is 11.3 Å². The highest BCUT2D eigenvalue weighted by atomic mass is 16.5. The Morgan fingerprint density at radius 1 is 1.07 bits per heavy atom. The Balaban J connectivity index is 1.47. The van der Waals surface area contributed by atoms with Crippen molar-refractivity contribution in [3.05, 3.63) is 42.0 Å². The Kier molecular flexibility index (Phi) is 5.63. The maximum Gasteiger partial charge on any atom is 0.251 e. The van der Waals surface area contributed by atoms with Crippen molar-refractivity contribution in [3.63, 3.8) is 0 Å². The number of amides is 1. The third-order valence-electron chi connectivity index (χ3n) is 5.27. The van der Waals surface area contributed by atoms with E-state index in [4.69, 9.17) is 4.74 Å². The summed E-state index contributed by atoms with van der Waals surface area (Å²) >= 11 is 0. The van der Waals surface area contributed by atoms with Crippen molar-refractivity contribution in [3.8, 4) is 11.3 Å². The fraction of sp³-hybridized carbons (Fsp3) is 0.476. The van der Waals surface area contributed by atoms with Gasteiger partial charge >= 0.3 is 0 Å². The zero-order chi connectivity index (χ0) is 18.5. The first kappa shape index (κ1) is 17.9. The van der Waals surface area contributed by atoms with Crippen LogP contribution in [-0.4, -0.2) is 48.4 Å². The van der Waals surface area contributed by atoms with E-state index in [1.807, 2.05) is 36.4 Å². The number of carbonyl (C=O) groups excluding carboxylic acids is 1. The Morgan fingerprint density at radius 2 is 1.93 bits per heavy atom. The van der Waals surface area contributed by atoms with Crippen molar-refractivity contribution >= 4 is 11.7 Å². The predicted molar refractivity (Wildman–Crippen MR) is 105 cm³/mol. The van der Waals surface area contributed by atoms with Crippen LogP contribution >= 0.6 is 0 Å². The molecule has 6 heteroatoms. The first-order valence-corrected chi connectivity index (χ1v) is 9.87. The van der Waals surface area contributed by atoms with Gasteiger partial charge in [-0.2, -0.15) is 0 Å². The molecule has 1 aromatic carbocycles. The molecule has 2 fully saturated rings. The van der Waals surface area contributed by atoms with E-state index in [0.29, 0.717) is 18.8 Å². The molecule has 27 heavy (non-hydrogen) atoms. The zero-order valence-corrected chi connectivity index (χ0v) is 15.6. The minimum atomic E-state index is -0.0681. The van der Waals surface area contributed by atoms with Gasteiger partial charge in [-0.1, -0.05) is 25.0 Å². The molecule has 1 amide bonds. The van der Waals surface area contributed by atoms with Crippen LogP contribution in [0.4, 0.5) is 5.82 Å². The molecule has 1 N–H and O–H groups in total. The highest BCUT2D eigenvalue weighted by Crippen LogP contribution is 2.22. The lowest BCUT2D eigenvalue weighted by molar-refractivity contribution is 0.0930. The molecular formula is C21H26N4O2. The summed E-state index contributed by atoms with van der Waals surface area (Å²) in [6.07, 6.45) is 5.89. The largest absolute Gasteiger partial charge is 0.379 e. The molecule has 2 aromatic rings. The van der Waals surface area contributed by atoms with Crippen LogP contribution in [0.3, 0.4) is 0 Å². The summed E-state index contributed by atoms with van der Waals surface area (Å²) in [5, 5.41) is 11.9. The SMILES string of the molecule is O=C(NC1CCOC1)c1cccc(-c2ccc(N3CCCCCC3)nn2)c1. The van der Waals surface area contributed by atoms with Gasteiger partial charge in [0, 0.05) is 30.8 Å². The summed E-state index contributed by atoms with van der Waals surface area (Å²) in [5.74, 6) is 0.872. The number of benzene rings is 1. The minimum Gasteiger partial charge on any atom is -0.379 e. The molecule has 2 saturated heterocycles. The Labute approximate surface area is 159 Å². The van der Waals surface area contributed by atoms with E-state index >= 15 is 0 Å². The molecule has 4 rings (SSSR count). The standard InChI is InChI=1S/C21H26N4O2/c26-21(22-18-10-13-27-15-18)17-7-5-6-16(14-17)19-8-9-20(24-23-19)25-11-3-1-2-4-12-25/h5-9,14,18H,1-4,10-13,15H2,(H,22,26). The summed E-state index contributed by atoms with van der Waals surface area (Å²) in [6, 6.07) is 11.7. The minimum absolute atomic E-state index is 0.0681. The fourth-order valence-electron chi connectivity index (χ4n) is 3.68. The van der Waals surface area contributed by atoms with Crippen molar-refractivity contribution in [2.45, 2.75) is 38.1 Å². The summed E-state index contributed by atoms with van der Waals surface area (Å²) in [5.41, 5.74) is 2.32. The van der Waals surface area contributed by atoms with Crippen LogP contribution < -0.4 is 10.2 Å². The third-order valence-corrected chi connectivity index (χ3v) is 5.27. The van der Waals surface area contributed by atoms with Gasteiger partial charge in [-0.25, -0.2) is 0 Å². The van der Waals surface area contributed by atoms with Crippen molar-refractivity contribution in [2.75, 3.05) is 31.2 Å². The predicted octanol–water partition coefficient (Wildman–Crippen LogP) is 3.04. The molecule has 1 atom stereocenters. The van der Waals surface area contributed by atoms with Crippen LogP contribution in [-0.2, 0) is 4.74 Å². The second-order valence-corrected chi connectivity index (χ2v) is 7.29. The topological polar surface area (TPSA) is 67.3 Å². The van der Waals surface area contributed by atoms with Gasteiger partial charge in [0.15, 0.2) is 5.82 Å². The van der Waals surface area contributed by atoms with Crippen LogP contribution in [0.5, 0.6) is 0 Å².